The van der Waals surface area contributed by atoms with Gasteiger partial charge in [0.15, 0.2) is 23.1 Å². The van der Waals surface area contributed by atoms with Gasteiger partial charge in [-0.15, -0.1) is 5.11 Å². The molecular weight excluding hydrogens is 500 g/mol. The lowest BCUT2D eigenvalue weighted by Crippen LogP contribution is -2.39. The Balaban J connectivity index is 1.54. The van der Waals surface area contributed by atoms with Gasteiger partial charge >= 0.3 is 0 Å². The highest BCUT2D eigenvalue weighted by Crippen LogP contribution is 2.39. The molecule has 1 aromatic carbocycles. The number of nitrogens with zero attached hydrogens (tertiary/aromatic N) is 7. The lowest BCUT2D eigenvalue weighted by molar-refractivity contribution is -0.0431. The molecule has 1 saturated heterocycles. The summed E-state index contributed by atoms with van der Waals surface area (Å²) in [6.45, 7) is 6.64. The summed E-state index contributed by atoms with van der Waals surface area (Å²) in [4.78, 5) is 17.1. The van der Waals surface area contributed by atoms with Crippen LogP contribution in [-0.4, -0.2) is 81.7 Å². The van der Waals surface area contributed by atoms with Crippen LogP contribution < -0.4 is 19.1 Å². The van der Waals surface area contributed by atoms with Crippen molar-refractivity contribution in [2.75, 3.05) is 51.6 Å². The molecule has 37 heavy (non-hydrogen) atoms. The minimum Gasteiger partial charge on any atom is -0.449 e. The first-order valence-electron chi connectivity index (χ1n) is 11.8. The van der Waals surface area contributed by atoms with Gasteiger partial charge in [-0.2, -0.15) is 5.11 Å². The van der Waals surface area contributed by atoms with Crippen molar-refractivity contribution in [1.82, 2.24) is 19.6 Å². The monoisotopic (exact) mass is 532 g/mol. The van der Waals surface area contributed by atoms with Crippen LogP contribution in [0.2, 0.25) is 0 Å². The maximum Gasteiger partial charge on any atom is 0.246 e. The lowest BCUT2D eigenvalue weighted by Gasteiger charge is -2.28. The van der Waals surface area contributed by atoms with Crippen LogP contribution in [0, 0.1) is 0 Å². The average Bonchev–Trinajstić information content (AvgIpc) is 3.14. The van der Waals surface area contributed by atoms with Gasteiger partial charge in [0.25, 0.3) is 0 Å². The molecule has 14 heteroatoms. The van der Waals surface area contributed by atoms with Crippen molar-refractivity contribution in [3.8, 4) is 11.5 Å². The number of ether oxygens (including phenoxy) is 3. The summed E-state index contributed by atoms with van der Waals surface area (Å²) in [5.74, 6) is 2.31. The van der Waals surface area contributed by atoms with Crippen molar-refractivity contribution < 1.29 is 22.6 Å². The van der Waals surface area contributed by atoms with Crippen LogP contribution >= 0.6 is 0 Å². The average molecular weight is 533 g/mol. The molecule has 2 aromatic rings. The van der Waals surface area contributed by atoms with Crippen LogP contribution in [0.25, 0.3) is 0 Å². The van der Waals surface area contributed by atoms with Crippen LogP contribution in [0.3, 0.4) is 0 Å². The molecule has 0 amide bonds. The molecule has 2 aliphatic rings. The molecule has 1 fully saturated rings. The molecule has 0 atom stereocenters. The van der Waals surface area contributed by atoms with Crippen molar-refractivity contribution in [2.24, 2.45) is 15.2 Å². The van der Waals surface area contributed by atoms with E-state index in [-0.39, 0.29) is 12.5 Å². The Hall–Kier alpha value is -3.52. The Bertz CT molecular complexity index is 1290. The number of morpholine rings is 1. The number of hydrogen-bond acceptors (Lipinski definition) is 11. The third kappa shape index (κ3) is 7.49. The van der Waals surface area contributed by atoms with Crippen LogP contribution in [0.1, 0.15) is 25.2 Å². The number of azo groups is 1. The number of nitrogens with one attached hydrogen (secondary N) is 1. The van der Waals surface area contributed by atoms with E-state index in [1.165, 1.54) is 0 Å². The normalized spacial score (nSPS) is 17.3. The number of aromatic nitrogens is 2. The zero-order valence-electron chi connectivity index (χ0n) is 21.6. The number of fused-ring (bicyclic) bond motifs is 1. The van der Waals surface area contributed by atoms with Gasteiger partial charge in [0.2, 0.25) is 21.8 Å². The quantitative estimate of drug-likeness (QED) is 0.322. The SMILES string of the molecule is CN(C)C(=NCc1nc(N=NCc2ccc3c(c2)OC(C)(C)O3)cc(N2CCOCC2)n1)NS(C)(=O)=O. The summed E-state index contributed by atoms with van der Waals surface area (Å²) in [5.41, 5.74) is 0.915. The number of hydrogen-bond donors (Lipinski definition) is 1. The van der Waals surface area contributed by atoms with Gasteiger partial charge in [-0.3, -0.25) is 4.72 Å². The molecule has 13 nitrogen and oxygen atoms in total. The Labute approximate surface area is 216 Å². The molecule has 2 aliphatic heterocycles. The lowest BCUT2D eigenvalue weighted by atomic mass is 10.2. The summed E-state index contributed by atoms with van der Waals surface area (Å²) in [7, 11) is -0.104. The predicted molar refractivity (Wildman–Crippen MR) is 138 cm³/mol. The van der Waals surface area contributed by atoms with Crippen LogP contribution in [-0.2, 0) is 27.8 Å². The molecule has 0 aliphatic carbocycles. The van der Waals surface area contributed by atoms with Crippen LogP contribution in [0.4, 0.5) is 11.6 Å². The zero-order chi connectivity index (χ0) is 26.6. The van der Waals surface area contributed by atoms with Crippen molar-refractivity contribution in [3.05, 3.63) is 35.7 Å². The first-order valence-corrected chi connectivity index (χ1v) is 13.7. The van der Waals surface area contributed by atoms with E-state index in [4.69, 9.17) is 14.2 Å². The highest BCUT2D eigenvalue weighted by molar-refractivity contribution is 7.89. The smallest absolute Gasteiger partial charge is 0.246 e. The molecule has 0 spiro atoms. The number of sulfonamides is 1. The molecule has 1 N–H and O–H groups in total. The fraction of sp³-hybridized carbons (Fsp3) is 0.522. The fourth-order valence-electron chi connectivity index (χ4n) is 3.68. The molecule has 200 valence electrons. The largest absolute Gasteiger partial charge is 0.449 e. The standard InChI is InChI=1S/C23H32N8O5S/c1-23(2)35-17-7-6-16(12-18(17)36-23)14-25-28-19-13-21(31-8-10-34-11-9-31)27-20(26-19)15-24-22(30(3)4)29-37(5,32)33/h6-7,12-13H,8-11,14-15H2,1-5H3,(H,24,29). The van der Waals surface area contributed by atoms with E-state index in [0.717, 1.165) is 11.8 Å². The highest BCUT2D eigenvalue weighted by Gasteiger charge is 2.31. The molecule has 4 rings (SSSR count). The molecular formula is C23H32N8O5S. The van der Waals surface area contributed by atoms with Gasteiger partial charge in [-0.25, -0.2) is 23.4 Å². The minimum atomic E-state index is -3.49. The van der Waals surface area contributed by atoms with E-state index >= 15 is 0 Å². The number of benzene rings is 1. The van der Waals surface area contributed by atoms with Gasteiger partial charge < -0.3 is 24.0 Å². The van der Waals surface area contributed by atoms with E-state index in [0.29, 0.717) is 61.8 Å². The number of aliphatic imine (C=N–C) groups is 1. The van der Waals surface area contributed by atoms with Crippen LogP contribution in [0.15, 0.2) is 39.5 Å². The Morgan fingerprint density at radius 1 is 1.11 bits per heavy atom. The zero-order valence-corrected chi connectivity index (χ0v) is 22.4. The summed E-state index contributed by atoms with van der Waals surface area (Å²) < 4.78 is 42.8. The Kier molecular flexibility index (Phi) is 7.78. The third-order valence-corrected chi connectivity index (χ3v) is 5.85. The van der Waals surface area contributed by atoms with E-state index in [1.807, 2.05) is 32.0 Å². The summed E-state index contributed by atoms with van der Waals surface area (Å²) >= 11 is 0. The van der Waals surface area contributed by atoms with Crippen LogP contribution in [0.5, 0.6) is 11.5 Å². The molecule has 0 saturated carbocycles. The summed E-state index contributed by atoms with van der Waals surface area (Å²) in [6.07, 6.45) is 1.07. The van der Waals surface area contributed by atoms with E-state index < -0.39 is 15.8 Å². The minimum absolute atomic E-state index is 0.0503. The van der Waals surface area contributed by atoms with E-state index in [2.05, 4.69) is 34.8 Å². The van der Waals surface area contributed by atoms with Gasteiger partial charge in [0.1, 0.15) is 12.4 Å². The van der Waals surface area contributed by atoms with Crippen molar-refractivity contribution in [2.45, 2.75) is 32.7 Å². The second kappa shape index (κ2) is 10.8. The van der Waals surface area contributed by atoms with Crippen molar-refractivity contribution in [1.29, 1.82) is 0 Å². The first-order chi connectivity index (χ1) is 17.5. The fourth-order valence-corrected chi connectivity index (χ4v) is 4.26. The van der Waals surface area contributed by atoms with E-state index in [9.17, 15) is 8.42 Å². The second-order valence-electron chi connectivity index (χ2n) is 9.29. The molecule has 3 heterocycles. The molecule has 0 radical (unpaired) electrons. The Morgan fingerprint density at radius 3 is 2.54 bits per heavy atom. The predicted octanol–water partition coefficient (Wildman–Crippen LogP) is 2.07. The number of rotatable bonds is 7. The number of anilines is 1. The maximum absolute atomic E-state index is 11.7. The molecule has 0 bridgehead atoms. The molecule has 0 unspecified atom stereocenters. The second-order valence-corrected chi connectivity index (χ2v) is 11.0. The first kappa shape index (κ1) is 26.5. The summed E-state index contributed by atoms with van der Waals surface area (Å²) in [6, 6.07) is 7.43. The van der Waals surface area contributed by atoms with Gasteiger partial charge in [0, 0.05) is 47.1 Å². The van der Waals surface area contributed by atoms with Crippen molar-refractivity contribution >= 4 is 27.6 Å². The number of guanidine groups is 1. The third-order valence-electron chi connectivity index (χ3n) is 5.30. The van der Waals surface area contributed by atoms with Gasteiger partial charge in [-0.05, 0) is 17.7 Å². The van der Waals surface area contributed by atoms with Gasteiger partial charge in [0.05, 0.1) is 26.0 Å². The van der Waals surface area contributed by atoms with Crippen molar-refractivity contribution in [3.63, 3.8) is 0 Å². The van der Waals surface area contributed by atoms with E-state index in [1.54, 1.807) is 25.1 Å². The maximum atomic E-state index is 11.7. The highest BCUT2D eigenvalue weighted by atomic mass is 32.2. The molecule has 1 aromatic heterocycles. The topological polar surface area (TPSA) is 143 Å². The Morgan fingerprint density at radius 2 is 1.84 bits per heavy atom. The summed E-state index contributed by atoms with van der Waals surface area (Å²) in [5, 5.41) is 8.67. The van der Waals surface area contributed by atoms with Gasteiger partial charge in [-0.1, -0.05) is 6.07 Å².